The average Bonchev–Trinajstić information content (AvgIpc) is 3.09. The highest BCUT2D eigenvalue weighted by Crippen LogP contribution is 2.24. The molecule has 0 spiro atoms. The van der Waals surface area contributed by atoms with Crippen LogP contribution in [0.2, 0.25) is 0 Å². The second kappa shape index (κ2) is 14.2. The fraction of sp³-hybridized carbons (Fsp3) is 0.762. The molecule has 1 aliphatic rings. The molecule has 1 fully saturated rings. The molecule has 2 rings (SSSR count). The molecule has 7 nitrogen and oxygen atoms in total. The maximum absolute atomic E-state index is 12.0. The number of hydrogen-bond donors (Lipinski definition) is 2. The fourth-order valence-electron chi connectivity index (χ4n) is 3.35. The van der Waals surface area contributed by atoms with Crippen molar-refractivity contribution in [3.05, 3.63) is 15.6 Å². The van der Waals surface area contributed by atoms with E-state index in [2.05, 4.69) is 34.4 Å². The molecule has 1 saturated heterocycles. The maximum atomic E-state index is 12.0. The third kappa shape index (κ3) is 8.66. The number of carbonyl (C=O) groups excluding carboxylic acids is 1. The van der Waals surface area contributed by atoms with Crippen LogP contribution < -0.4 is 10.6 Å². The van der Waals surface area contributed by atoms with Crippen LogP contribution in [0.5, 0.6) is 0 Å². The zero-order chi connectivity index (χ0) is 21.2. The molecule has 0 amide bonds. The van der Waals surface area contributed by atoms with E-state index in [1.807, 2.05) is 20.8 Å². The zero-order valence-electron chi connectivity index (χ0n) is 19.0. The minimum absolute atomic E-state index is 0. The van der Waals surface area contributed by atoms with E-state index in [1.54, 1.807) is 0 Å². The highest BCUT2D eigenvalue weighted by Gasteiger charge is 2.20. The first-order valence-electron chi connectivity index (χ1n) is 10.9. The van der Waals surface area contributed by atoms with Gasteiger partial charge in [0, 0.05) is 13.1 Å². The number of esters is 1. The standard InChI is InChI=1S/C21H37N5O2S.HI/c1-6-22-21(23-11-8-12-26-13-9-15(3)10-14-26)25-17(5)19-24-16(4)18(29-19)20(27)28-7-2;/h15,17H,6-14H2,1-5H3,(H2,22,23,25);1H. The molecule has 1 aromatic heterocycles. The Kier molecular flexibility index (Phi) is 12.8. The number of halogens is 1. The summed E-state index contributed by atoms with van der Waals surface area (Å²) in [6, 6.07) is -0.0386. The van der Waals surface area contributed by atoms with Crippen LogP contribution in [0.3, 0.4) is 0 Å². The summed E-state index contributed by atoms with van der Waals surface area (Å²) < 4.78 is 5.11. The van der Waals surface area contributed by atoms with Gasteiger partial charge in [0.25, 0.3) is 0 Å². The van der Waals surface area contributed by atoms with Crippen LogP contribution in [0.1, 0.15) is 73.4 Å². The van der Waals surface area contributed by atoms with E-state index in [0.29, 0.717) is 11.5 Å². The number of guanidine groups is 1. The van der Waals surface area contributed by atoms with E-state index >= 15 is 0 Å². The van der Waals surface area contributed by atoms with Crippen molar-refractivity contribution in [2.75, 3.05) is 39.3 Å². The first-order chi connectivity index (χ1) is 13.9. The van der Waals surface area contributed by atoms with E-state index in [1.165, 1.54) is 37.3 Å². The van der Waals surface area contributed by atoms with Crippen molar-refractivity contribution in [1.82, 2.24) is 20.5 Å². The number of aliphatic imine (C=N–C) groups is 1. The lowest BCUT2D eigenvalue weighted by atomic mass is 9.99. The van der Waals surface area contributed by atoms with Gasteiger partial charge < -0.3 is 20.3 Å². The summed E-state index contributed by atoms with van der Waals surface area (Å²) in [4.78, 5) is 24.4. The Morgan fingerprint density at radius 2 is 2.07 bits per heavy atom. The number of aryl methyl sites for hydroxylation is 1. The van der Waals surface area contributed by atoms with Crippen LogP contribution in [0, 0.1) is 12.8 Å². The Morgan fingerprint density at radius 3 is 2.70 bits per heavy atom. The number of ether oxygens (including phenoxy) is 1. The zero-order valence-corrected chi connectivity index (χ0v) is 22.1. The first-order valence-corrected chi connectivity index (χ1v) is 11.7. The predicted molar refractivity (Wildman–Crippen MR) is 135 cm³/mol. The van der Waals surface area contributed by atoms with Gasteiger partial charge in [-0.15, -0.1) is 35.3 Å². The van der Waals surface area contributed by atoms with Crippen LogP contribution in [0.15, 0.2) is 4.99 Å². The van der Waals surface area contributed by atoms with Gasteiger partial charge in [0.2, 0.25) is 0 Å². The van der Waals surface area contributed by atoms with Crippen LogP contribution >= 0.6 is 35.3 Å². The number of carbonyl (C=O) groups is 1. The maximum Gasteiger partial charge on any atom is 0.350 e. The molecule has 0 aliphatic carbocycles. The molecule has 0 saturated carbocycles. The smallest absolute Gasteiger partial charge is 0.350 e. The summed E-state index contributed by atoms with van der Waals surface area (Å²) in [5, 5.41) is 7.57. The van der Waals surface area contributed by atoms with Gasteiger partial charge >= 0.3 is 5.97 Å². The van der Waals surface area contributed by atoms with E-state index in [4.69, 9.17) is 9.73 Å². The Bertz CT molecular complexity index is 674. The number of likely N-dealkylation sites (tertiary alicyclic amines) is 1. The Labute approximate surface area is 202 Å². The van der Waals surface area contributed by atoms with E-state index in [-0.39, 0.29) is 36.0 Å². The third-order valence-corrected chi connectivity index (χ3v) is 6.44. The lowest BCUT2D eigenvalue weighted by Crippen LogP contribution is -2.39. The van der Waals surface area contributed by atoms with Gasteiger partial charge in [-0.3, -0.25) is 4.99 Å². The van der Waals surface area contributed by atoms with Crippen molar-refractivity contribution in [1.29, 1.82) is 0 Å². The van der Waals surface area contributed by atoms with Crippen molar-refractivity contribution in [2.45, 2.75) is 59.9 Å². The van der Waals surface area contributed by atoms with Crippen LogP contribution in [-0.4, -0.2) is 61.1 Å². The summed E-state index contributed by atoms with van der Waals surface area (Å²) in [6.07, 6.45) is 3.68. The number of hydrogen-bond acceptors (Lipinski definition) is 6. The molecule has 2 heterocycles. The Hall–Kier alpha value is -0.940. The number of aromatic nitrogens is 1. The number of thiazole rings is 1. The normalized spacial score (nSPS) is 16.6. The summed E-state index contributed by atoms with van der Waals surface area (Å²) in [5.41, 5.74) is 0.717. The third-order valence-electron chi connectivity index (χ3n) is 5.12. The number of nitrogens with one attached hydrogen (secondary N) is 2. The molecular formula is C21H38IN5O2S. The van der Waals surface area contributed by atoms with Gasteiger partial charge in [-0.25, -0.2) is 9.78 Å². The second-order valence-electron chi connectivity index (χ2n) is 7.69. The largest absolute Gasteiger partial charge is 0.462 e. The van der Waals surface area contributed by atoms with Crippen molar-refractivity contribution in [3.8, 4) is 0 Å². The van der Waals surface area contributed by atoms with E-state index in [9.17, 15) is 4.79 Å². The number of rotatable bonds is 9. The van der Waals surface area contributed by atoms with Crippen molar-refractivity contribution in [3.63, 3.8) is 0 Å². The van der Waals surface area contributed by atoms with Gasteiger partial charge in [0.15, 0.2) is 5.96 Å². The van der Waals surface area contributed by atoms with Crippen LogP contribution in [0.25, 0.3) is 0 Å². The molecule has 1 unspecified atom stereocenters. The highest BCUT2D eigenvalue weighted by atomic mass is 127. The molecule has 1 aromatic rings. The molecule has 30 heavy (non-hydrogen) atoms. The quantitative estimate of drug-likeness (QED) is 0.159. The van der Waals surface area contributed by atoms with E-state index < -0.39 is 0 Å². The summed E-state index contributed by atoms with van der Waals surface area (Å²) in [6.45, 7) is 15.6. The van der Waals surface area contributed by atoms with Crippen LogP contribution in [0.4, 0.5) is 0 Å². The first kappa shape index (κ1) is 27.1. The molecule has 172 valence electrons. The minimum atomic E-state index is -0.298. The van der Waals surface area contributed by atoms with Gasteiger partial charge in [-0.05, 0) is 72.5 Å². The summed E-state index contributed by atoms with van der Waals surface area (Å²) >= 11 is 1.39. The van der Waals surface area contributed by atoms with Crippen molar-refractivity contribution >= 4 is 47.2 Å². The molecule has 2 N–H and O–H groups in total. The van der Waals surface area contributed by atoms with E-state index in [0.717, 1.165) is 48.6 Å². The topological polar surface area (TPSA) is 78.9 Å². The second-order valence-corrected chi connectivity index (χ2v) is 8.72. The summed E-state index contributed by atoms with van der Waals surface area (Å²) in [7, 11) is 0. The van der Waals surface area contributed by atoms with Crippen molar-refractivity contribution < 1.29 is 9.53 Å². The molecule has 0 bridgehead atoms. The molecule has 0 aromatic carbocycles. The Balaban J connectivity index is 0.00000450. The minimum Gasteiger partial charge on any atom is -0.462 e. The van der Waals surface area contributed by atoms with Gasteiger partial charge in [0.1, 0.15) is 9.88 Å². The fourth-order valence-corrected chi connectivity index (χ4v) is 4.31. The van der Waals surface area contributed by atoms with Crippen LogP contribution in [-0.2, 0) is 4.74 Å². The van der Waals surface area contributed by atoms with Crippen molar-refractivity contribution in [2.24, 2.45) is 10.9 Å². The number of nitrogens with zero attached hydrogens (tertiary/aromatic N) is 3. The predicted octanol–water partition coefficient (Wildman–Crippen LogP) is 3.98. The molecule has 1 atom stereocenters. The molecule has 0 radical (unpaired) electrons. The Morgan fingerprint density at radius 1 is 1.37 bits per heavy atom. The SMILES string of the molecule is CCNC(=NCCCN1CCC(C)CC1)NC(C)c1nc(C)c(C(=O)OCC)s1.I. The highest BCUT2D eigenvalue weighted by molar-refractivity contribution is 14.0. The molecule has 9 heteroatoms. The summed E-state index contributed by atoms with van der Waals surface area (Å²) in [5.74, 6) is 1.36. The molecular weight excluding hydrogens is 513 g/mol. The lowest BCUT2D eigenvalue weighted by Gasteiger charge is -2.29. The van der Waals surface area contributed by atoms with Gasteiger partial charge in [-0.2, -0.15) is 0 Å². The van der Waals surface area contributed by atoms with Gasteiger partial charge in [-0.1, -0.05) is 6.92 Å². The monoisotopic (exact) mass is 551 g/mol. The van der Waals surface area contributed by atoms with Gasteiger partial charge in [0.05, 0.1) is 18.3 Å². The molecule has 1 aliphatic heterocycles. The average molecular weight is 552 g/mol. The number of piperidine rings is 1. The lowest BCUT2D eigenvalue weighted by molar-refractivity contribution is 0.0531.